The maximum atomic E-state index is 12.4. The molecule has 1 aromatic carbocycles. The maximum Gasteiger partial charge on any atom is 0.323 e. The van der Waals surface area contributed by atoms with E-state index in [4.69, 9.17) is 28.3 Å². The minimum absolute atomic E-state index is 0.0152. The fourth-order valence-corrected chi connectivity index (χ4v) is 2.46. The highest BCUT2D eigenvalue weighted by Gasteiger charge is 2.35. The highest BCUT2D eigenvalue weighted by atomic mass is 35.5. The standard InChI is InChI=1S/C13H14Cl2N2O3/c1-6(2)12-13(20)17(5-11(18)19)10-4-8(15)7(14)3-9(10)16-12/h3-4,6,12,16H,5H2,1-2H3,(H,18,19). The Balaban J connectivity index is 2.52. The maximum absolute atomic E-state index is 12.4. The van der Waals surface area contributed by atoms with E-state index < -0.39 is 18.6 Å². The number of nitrogens with zero attached hydrogens (tertiary/aromatic N) is 1. The molecular formula is C13H14Cl2N2O3. The Morgan fingerprint density at radius 3 is 2.55 bits per heavy atom. The number of nitrogens with one attached hydrogen (secondary N) is 1. The van der Waals surface area contributed by atoms with Gasteiger partial charge in [0.1, 0.15) is 12.6 Å². The van der Waals surface area contributed by atoms with Crippen molar-refractivity contribution >= 4 is 46.5 Å². The van der Waals surface area contributed by atoms with Crippen molar-refractivity contribution in [3.63, 3.8) is 0 Å². The van der Waals surface area contributed by atoms with E-state index in [2.05, 4.69) is 5.32 Å². The van der Waals surface area contributed by atoms with Crippen molar-refractivity contribution in [2.75, 3.05) is 16.8 Å². The molecule has 0 saturated heterocycles. The molecule has 1 aliphatic heterocycles. The van der Waals surface area contributed by atoms with Gasteiger partial charge in [-0.25, -0.2) is 0 Å². The predicted molar refractivity (Wildman–Crippen MR) is 78.7 cm³/mol. The fourth-order valence-electron chi connectivity index (χ4n) is 2.14. The molecule has 0 bridgehead atoms. The fraction of sp³-hybridized carbons (Fsp3) is 0.385. The topological polar surface area (TPSA) is 69.6 Å². The van der Waals surface area contributed by atoms with Crippen molar-refractivity contribution in [2.45, 2.75) is 19.9 Å². The van der Waals surface area contributed by atoms with Gasteiger partial charge in [0.25, 0.3) is 0 Å². The summed E-state index contributed by atoms with van der Waals surface area (Å²) in [7, 11) is 0. The molecule has 1 unspecified atom stereocenters. The van der Waals surface area contributed by atoms with Crippen LogP contribution in [-0.4, -0.2) is 29.6 Å². The molecule has 2 rings (SSSR count). The first-order chi connectivity index (χ1) is 9.31. The van der Waals surface area contributed by atoms with Gasteiger partial charge in [-0.05, 0) is 18.1 Å². The monoisotopic (exact) mass is 316 g/mol. The predicted octanol–water partition coefficient (Wildman–Crippen LogP) is 2.86. The number of anilines is 2. The van der Waals surface area contributed by atoms with Crippen molar-refractivity contribution in [1.82, 2.24) is 0 Å². The third-order valence-corrected chi connectivity index (χ3v) is 3.85. The van der Waals surface area contributed by atoms with Crippen LogP contribution in [0.2, 0.25) is 10.0 Å². The third kappa shape index (κ3) is 2.69. The molecule has 5 nitrogen and oxygen atoms in total. The van der Waals surface area contributed by atoms with Crippen molar-refractivity contribution in [2.24, 2.45) is 5.92 Å². The summed E-state index contributed by atoms with van der Waals surface area (Å²) in [5.41, 5.74) is 1.04. The lowest BCUT2D eigenvalue weighted by Gasteiger charge is -2.36. The molecular weight excluding hydrogens is 303 g/mol. The number of amides is 1. The van der Waals surface area contributed by atoms with Crippen molar-refractivity contribution in [3.05, 3.63) is 22.2 Å². The third-order valence-electron chi connectivity index (χ3n) is 3.13. The molecule has 0 radical (unpaired) electrons. The zero-order chi connectivity index (χ0) is 15.0. The van der Waals surface area contributed by atoms with Crippen LogP contribution in [0.3, 0.4) is 0 Å². The second kappa shape index (κ2) is 5.50. The van der Waals surface area contributed by atoms with Gasteiger partial charge in [0, 0.05) is 0 Å². The first-order valence-electron chi connectivity index (χ1n) is 6.10. The Kier molecular flexibility index (Phi) is 4.11. The Bertz CT molecular complexity index is 575. The van der Waals surface area contributed by atoms with Gasteiger partial charge in [-0.3, -0.25) is 14.5 Å². The first kappa shape index (κ1) is 14.9. The molecule has 1 aromatic rings. The van der Waals surface area contributed by atoms with E-state index in [9.17, 15) is 9.59 Å². The Hall–Kier alpha value is -1.46. The van der Waals surface area contributed by atoms with E-state index in [1.165, 1.54) is 11.0 Å². The number of carboxylic acids is 1. The molecule has 0 saturated carbocycles. The molecule has 0 aromatic heterocycles. The summed E-state index contributed by atoms with van der Waals surface area (Å²) in [5, 5.41) is 12.7. The molecule has 7 heteroatoms. The number of fused-ring (bicyclic) bond motifs is 1. The van der Waals surface area contributed by atoms with Gasteiger partial charge in [-0.1, -0.05) is 37.0 Å². The Morgan fingerprint density at radius 2 is 2.00 bits per heavy atom. The highest BCUT2D eigenvalue weighted by molar-refractivity contribution is 6.42. The molecule has 108 valence electrons. The lowest BCUT2D eigenvalue weighted by molar-refractivity contribution is -0.136. The summed E-state index contributed by atoms with van der Waals surface area (Å²) in [6.07, 6.45) is 0. The van der Waals surface area contributed by atoms with Crippen LogP contribution >= 0.6 is 23.2 Å². The summed E-state index contributed by atoms with van der Waals surface area (Å²) >= 11 is 11.9. The van der Waals surface area contributed by atoms with E-state index in [0.29, 0.717) is 16.4 Å². The molecule has 0 spiro atoms. The smallest absolute Gasteiger partial charge is 0.323 e. The summed E-state index contributed by atoms with van der Waals surface area (Å²) in [6.45, 7) is 3.36. The van der Waals surface area contributed by atoms with Crippen LogP contribution in [-0.2, 0) is 9.59 Å². The van der Waals surface area contributed by atoms with Crippen LogP contribution < -0.4 is 10.2 Å². The van der Waals surface area contributed by atoms with E-state index in [1.807, 2.05) is 13.8 Å². The average molecular weight is 317 g/mol. The van der Waals surface area contributed by atoms with E-state index in [1.54, 1.807) is 6.07 Å². The number of carbonyl (C=O) groups excluding carboxylic acids is 1. The van der Waals surface area contributed by atoms with E-state index >= 15 is 0 Å². The molecule has 1 aliphatic rings. The van der Waals surface area contributed by atoms with Crippen LogP contribution in [0, 0.1) is 5.92 Å². The number of halogens is 2. The number of aliphatic carboxylic acids is 1. The van der Waals surface area contributed by atoms with E-state index in [-0.39, 0.29) is 16.8 Å². The number of carboxylic acid groups (broad SMARTS) is 1. The Labute approximate surface area is 126 Å². The molecule has 1 amide bonds. The lowest BCUT2D eigenvalue weighted by atomic mass is 9.99. The number of hydrogen-bond acceptors (Lipinski definition) is 3. The summed E-state index contributed by atoms with van der Waals surface area (Å²) in [5.74, 6) is -1.35. The lowest BCUT2D eigenvalue weighted by Crippen LogP contribution is -2.51. The molecule has 0 fully saturated rings. The molecule has 2 N–H and O–H groups in total. The minimum Gasteiger partial charge on any atom is -0.480 e. The van der Waals surface area contributed by atoms with Gasteiger partial charge < -0.3 is 10.4 Å². The summed E-state index contributed by atoms with van der Waals surface area (Å²) in [4.78, 5) is 24.6. The molecule has 1 heterocycles. The Morgan fingerprint density at radius 1 is 1.40 bits per heavy atom. The number of benzene rings is 1. The van der Waals surface area contributed by atoms with Crippen molar-refractivity contribution in [1.29, 1.82) is 0 Å². The van der Waals surface area contributed by atoms with Crippen LogP contribution in [0.25, 0.3) is 0 Å². The zero-order valence-electron chi connectivity index (χ0n) is 11.0. The molecule has 0 aliphatic carbocycles. The zero-order valence-corrected chi connectivity index (χ0v) is 12.5. The van der Waals surface area contributed by atoms with Crippen molar-refractivity contribution < 1.29 is 14.7 Å². The van der Waals surface area contributed by atoms with Gasteiger partial charge in [0.05, 0.1) is 21.4 Å². The van der Waals surface area contributed by atoms with Crippen molar-refractivity contribution in [3.8, 4) is 0 Å². The second-order valence-corrected chi connectivity index (χ2v) is 5.78. The van der Waals surface area contributed by atoms with E-state index in [0.717, 1.165) is 0 Å². The molecule has 1 atom stereocenters. The van der Waals surface area contributed by atoms with Crippen LogP contribution in [0.4, 0.5) is 11.4 Å². The van der Waals surface area contributed by atoms with Gasteiger partial charge in [-0.2, -0.15) is 0 Å². The highest BCUT2D eigenvalue weighted by Crippen LogP contribution is 2.39. The largest absolute Gasteiger partial charge is 0.480 e. The molecule has 20 heavy (non-hydrogen) atoms. The van der Waals surface area contributed by atoms with Crippen LogP contribution in [0.15, 0.2) is 12.1 Å². The second-order valence-electron chi connectivity index (χ2n) is 4.97. The number of hydrogen-bond donors (Lipinski definition) is 2. The minimum atomic E-state index is -1.08. The number of carbonyl (C=O) groups is 2. The summed E-state index contributed by atoms with van der Waals surface area (Å²) in [6, 6.07) is 2.62. The van der Waals surface area contributed by atoms with Gasteiger partial charge in [0.15, 0.2) is 0 Å². The van der Waals surface area contributed by atoms with Crippen LogP contribution in [0.1, 0.15) is 13.8 Å². The quantitative estimate of drug-likeness (QED) is 0.899. The summed E-state index contributed by atoms with van der Waals surface area (Å²) < 4.78 is 0. The first-order valence-corrected chi connectivity index (χ1v) is 6.85. The average Bonchev–Trinajstić information content (AvgIpc) is 2.34. The SMILES string of the molecule is CC(C)C1Nc2cc(Cl)c(Cl)cc2N(CC(=O)O)C1=O. The van der Waals surface area contributed by atoms with Gasteiger partial charge >= 0.3 is 5.97 Å². The normalized spacial score (nSPS) is 17.9. The van der Waals surface area contributed by atoms with Crippen LogP contribution in [0.5, 0.6) is 0 Å². The van der Waals surface area contributed by atoms with Gasteiger partial charge in [-0.15, -0.1) is 0 Å². The number of rotatable bonds is 3. The van der Waals surface area contributed by atoms with Gasteiger partial charge in [0.2, 0.25) is 5.91 Å².